The van der Waals surface area contributed by atoms with Gasteiger partial charge in [0.2, 0.25) is 0 Å². The maximum atomic E-state index is 9.73. The van der Waals surface area contributed by atoms with E-state index < -0.39 is 0 Å². The zero-order valence-corrected chi connectivity index (χ0v) is 7.86. The SMILES string of the molecule is Cc1cc(CO)c2cccnc2c1O. The van der Waals surface area contributed by atoms with Crippen molar-refractivity contribution in [2.45, 2.75) is 13.5 Å². The lowest BCUT2D eigenvalue weighted by Crippen LogP contribution is -1.90. The van der Waals surface area contributed by atoms with Crippen molar-refractivity contribution in [1.29, 1.82) is 0 Å². The second-order valence-corrected chi connectivity index (χ2v) is 3.26. The first-order valence-electron chi connectivity index (χ1n) is 4.41. The number of hydrogen-bond acceptors (Lipinski definition) is 3. The summed E-state index contributed by atoms with van der Waals surface area (Å²) in [7, 11) is 0. The molecule has 2 aromatic rings. The zero-order valence-electron chi connectivity index (χ0n) is 7.86. The van der Waals surface area contributed by atoms with Crippen LogP contribution >= 0.6 is 0 Å². The molecule has 0 amide bonds. The summed E-state index contributed by atoms with van der Waals surface area (Å²) in [5, 5.41) is 19.7. The molecule has 0 aliphatic rings. The lowest BCUT2D eigenvalue weighted by Gasteiger charge is -2.07. The summed E-state index contributed by atoms with van der Waals surface area (Å²) < 4.78 is 0. The highest BCUT2D eigenvalue weighted by Crippen LogP contribution is 2.29. The maximum Gasteiger partial charge on any atom is 0.144 e. The molecule has 0 aliphatic carbocycles. The molecule has 2 N–H and O–H groups in total. The van der Waals surface area contributed by atoms with Gasteiger partial charge in [-0.15, -0.1) is 0 Å². The fourth-order valence-corrected chi connectivity index (χ4v) is 1.58. The molecule has 0 saturated heterocycles. The van der Waals surface area contributed by atoms with E-state index >= 15 is 0 Å². The van der Waals surface area contributed by atoms with Crippen LogP contribution in [0.2, 0.25) is 0 Å². The Hall–Kier alpha value is -1.61. The van der Waals surface area contributed by atoms with Crippen molar-refractivity contribution in [1.82, 2.24) is 4.98 Å². The highest BCUT2D eigenvalue weighted by molar-refractivity contribution is 5.88. The van der Waals surface area contributed by atoms with Crippen LogP contribution in [0.25, 0.3) is 10.9 Å². The predicted molar refractivity (Wildman–Crippen MR) is 54.1 cm³/mol. The van der Waals surface area contributed by atoms with E-state index in [0.29, 0.717) is 5.52 Å². The quantitative estimate of drug-likeness (QED) is 0.718. The van der Waals surface area contributed by atoms with E-state index in [9.17, 15) is 5.11 Å². The van der Waals surface area contributed by atoms with Crippen LogP contribution in [-0.4, -0.2) is 15.2 Å². The molecule has 0 fully saturated rings. The number of hydrogen-bond donors (Lipinski definition) is 2. The molecule has 0 radical (unpaired) electrons. The van der Waals surface area contributed by atoms with E-state index in [1.165, 1.54) is 0 Å². The van der Waals surface area contributed by atoms with Crippen molar-refractivity contribution in [2.75, 3.05) is 0 Å². The number of nitrogens with zero attached hydrogens (tertiary/aromatic N) is 1. The molecule has 1 aromatic heterocycles. The fraction of sp³-hybridized carbons (Fsp3) is 0.182. The molecule has 2 rings (SSSR count). The number of phenolic OH excluding ortho intramolecular Hbond substituents is 1. The van der Waals surface area contributed by atoms with E-state index in [1.54, 1.807) is 25.3 Å². The average Bonchev–Trinajstić information content (AvgIpc) is 2.23. The van der Waals surface area contributed by atoms with Gasteiger partial charge in [-0.1, -0.05) is 6.07 Å². The molecule has 3 nitrogen and oxygen atoms in total. The number of benzene rings is 1. The fourth-order valence-electron chi connectivity index (χ4n) is 1.58. The highest BCUT2D eigenvalue weighted by Gasteiger charge is 2.08. The molecular weight excluding hydrogens is 178 g/mol. The van der Waals surface area contributed by atoms with Crippen LogP contribution in [0, 0.1) is 6.92 Å². The third-order valence-corrected chi connectivity index (χ3v) is 2.31. The first-order chi connectivity index (χ1) is 6.74. The standard InChI is InChI=1S/C11H11NO2/c1-7-5-8(6-13)9-3-2-4-12-10(9)11(7)14/h2-5,13-14H,6H2,1H3. The number of aliphatic hydroxyl groups excluding tert-OH is 1. The van der Waals surface area contributed by atoms with Gasteiger partial charge in [-0.25, -0.2) is 0 Å². The molecule has 1 aromatic carbocycles. The summed E-state index contributed by atoms with van der Waals surface area (Å²) in [6.07, 6.45) is 1.63. The van der Waals surface area contributed by atoms with Gasteiger partial charge in [-0.3, -0.25) is 4.98 Å². The van der Waals surface area contributed by atoms with E-state index in [1.807, 2.05) is 6.07 Å². The Balaban J connectivity index is 2.89. The molecule has 0 bridgehead atoms. The third kappa shape index (κ3) is 1.22. The number of phenols is 1. The number of aromatic hydroxyl groups is 1. The van der Waals surface area contributed by atoms with E-state index in [2.05, 4.69) is 4.98 Å². The summed E-state index contributed by atoms with van der Waals surface area (Å²) >= 11 is 0. The highest BCUT2D eigenvalue weighted by atomic mass is 16.3. The molecule has 1 heterocycles. The van der Waals surface area contributed by atoms with Crippen LogP contribution < -0.4 is 0 Å². The van der Waals surface area contributed by atoms with Crippen LogP contribution in [0.4, 0.5) is 0 Å². The first kappa shape index (κ1) is 8.97. The predicted octanol–water partition coefficient (Wildman–Crippen LogP) is 1.74. The van der Waals surface area contributed by atoms with Crippen molar-refractivity contribution < 1.29 is 10.2 Å². The lowest BCUT2D eigenvalue weighted by molar-refractivity contribution is 0.283. The van der Waals surface area contributed by atoms with Crippen molar-refractivity contribution in [3.63, 3.8) is 0 Å². The van der Waals surface area contributed by atoms with Crippen molar-refractivity contribution in [2.24, 2.45) is 0 Å². The molecule has 0 aliphatic heterocycles. The number of fused-ring (bicyclic) bond motifs is 1. The molecule has 0 spiro atoms. The van der Waals surface area contributed by atoms with E-state index in [0.717, 1.165) is 16.5 Å². The third-order valence-electron chi connectivity index (χ3n) is 2.31. The average molecular weight is 189 g/mol. The van der Waals surface area contributed by atoms with Gasteiger partial charge in [0.1, 0.15) is 11.3 Å². The van der Waals surface area contributed by atoms with E-state index in [4.69, 9.17) is 5.11 Å². The van der Waals surface area contributed by atoms with Gasteiger partial charge in [0.05, 0.1) is 6.61 Å². The minimum absolute atomic E-state index is 0.0384. The first-order valence-corrected chi connectivity index (χ1v) is 4.41. The Morgan fingerprint density at radius 2 is 2.21 bits per heavy atom. The van der Waals surface area contributed by atoms with Crippen molar-refractivity contribution in [3.05, 3.63) is 35.5 Å². The number of aryl methyl sites for hydroxylation is 1. The molecule has 14 heavy (non-hydrogen) atoms. The Morgan fingerprint density at radius 1 is 1.43 bits per heavy atom. The summed E-state index contributed by atoms with van der Waals surface area (Å²) in [6, 6.07) is 5.41. The monoisotopic (exact) mass is 189 g/mol. The van der Waals surface area contributed by atoms with Gasteiger partial charge in [0, 0.05) is 11.6 Å². The maximum absolute atomic E-state index is 9.73. The van der Waals surface area contributed by atoms with Crippen LogP contribution in [0.3, 0.4) is 0 Å². The Bertz CT molecular complexity index is 480. The minimum Gasteiger partial charge on any atom is -0.505 e. The van der Waals surface area contributed by atoms with Crippen molar-refractivity contribution >= 4 is 10.9 Å². The molecule has 0 atom stereocenters. The molecule has 0 unspecified atom stereocenters. The van der Waals surface area contributed by atoms with Gasteiger partial charge in [0.15, 0.2) is 0 Å². The van der Waals surface area contributed by atoms with Gasteiger partial charge in [-0.2, -0.15) is 0 Å². The largest absolute Gasteiger partial charge is 0.505 e. The van der Waals surface area contributed by atoms with Crippen LogP contribution in [0.5, 0.6) is 5.75 Å². The summed E-state index contributed by atoms with van der Waals surface area (Å²) in [5.74, 6) is 0.192. The molecule has 72 valence electrons. The number of aliphatic hydroxyl groups is 1. The summed E-state index contributed by atoms with van der Waals surface area (Å²) in [4.78, 5) is 4.09. The molecule has 0 saturated carbocycles. The van der Waals surface area contributed by atoms with Gasteiger partial charge in [-0.05, 0) is 30.2 Å². The van der Waals surface area contributed by atoms with Crippen LogP contribution in [0.15, 0.2) is 24.4 Å². The van der Waals surface area contributed by atoms with Crippen LogP contribution in [0.1, 0.15) is 11.1 Å². The lowest BCUT2D eigenvalue weighted by atomic mass is 10.0. The van der Waals surface area contributed by atoms with Crippen molar-refractivity contribution in [3.8, 4) is 5.75 Å². The van der Waals surface area contributed by atoms with Gasteiger partial charge < -0.3 is 10.2 Å². The Labute approximate surface area is 81.7 Å². The minimum atomic E-state index is -0.0384. The summed E-state index contributed by atoms with van der Waals surface area (Å²) in [5.41, 5.74) is 2.08. The Kier molecular flexibility index (Phi) is 2.09. The van der Waals surface area contributed by atoms with Gasteiger partial charge in [0.25, 0.3) is 0 Å². The second kappa shape index (κ2) is 3.27. The zero-order chi connectivity index (χ0) is 10.1. The Morgan fingerprint density at radius 3 is 2.93 bits per heavy atom. The topological polar surface area (TPSA) is 53.4 Å². The van der Waals surface area contributed by atoms with E-state index in [-0.39, 0.29) is 12.4 Å². The summed E-state index contributed by atoms with van der Waals surface area (Å²) in [6.45, 7) is 1.76. The number of rotatable bonds is 1. The smallest absolute Gasteiger partial charge is 0.144 e. The van der Waals surface area contributed by atoms with Gasteiger partial charge >= 0.3 is 0 Å². The molecular formula is C11H11NO2. The van der Waals surface area contributed by atoms with Crippen LogP contribution in [-0.2, 0) is 6.61 Å². The normalized spacial score (nSPS) is 10.7. The number of aromatic nitrogens is 1. The second-order valence-electron chi connectivity index (χ2n) is 3.26. The number of pyridine rings is 1. The molecule has 3 heteroatoms.